The van der Waals surface area contributed by atoms with Crippen molar-refractivity contribution >= 4 is 5.97 Å². The molecule has 0 heterocycles. The van der Waals surface area contributed by atoms with Gasteiger partial charge in [0.2, 0.25) is 0 Å². The molecule has 2 nitrogen and oxygen atoms in total. The standard InChI is InChI=1S/C30H25FO2/c1-2-3-4-22-5-9-24(10-6-22)27-15-19-29(20-16-27)33-30(32)21-23-7-11-25(12-8-23)26-13-17-28(31)18-14-26/h2,5-20H,1,3-4,21H2. The van der Waals surface area contributed by atoms with Gasteiger partial charge in [0, 0.05) is 0 Å². The van der Waals surface area contributed by atoms with Gasteiger partial charge in [-0.1, -0.05) is 78.9 Å². The molecule has 0 aliphatic rings. The topological polar surface area (TPSA) is 26.3 Å². The summed E-state index contributed by atoms with van der Waals surface area (Å²) in [6.45, 7) is 3.76. The van der Waals surface area contributed by atoms with Crippen LogP contribution in [-0.2, 0) is 17.6 Å². The van der Waals surface area contributed by atoms with Gasteiger partial charge in [-0.3, -0.25) is 4.79 Å². The van der Waals surface area contributed by atoms with Crippen LogP contribution >= 0.6 is 0 Å². The lowest BCUT2D eigenvalue weighted by atomic mass is 10.0. The van der Waals surface area contributed by atoms with E-state index >= 15 is 0 Å². The Bertz CT molecular complexity index is 1210. The monoisotopic (exact) mass is 436 g/mol. The van der Waals surface area contributed by atoms with Crippen LogP contribution in [0.2, 0.25) is 0 Å². The zero-order chi connectivity index (χ0) is 23.0. The fourth-order valence-electron chi connectivity index (χ4n) is 3.64. The highest BCUT2D eigenvalue weighted by Crippen LogP contribution is 2.24. The van der Waals surface area contributed by atoms with Crippen LogP contribution in [0.15, 0.2) is 110 Å². The number of esters is 1. The first-order chi connectivity index (χ1) is 16.1. The summed E-state index contributed by atoms with van der Waals surface area (Å²) in [4.78, 5) is 12.4. The van der Waals surface area contributed by atoms with Crippen LogP contribution in [0.25, 0.3) is 22.3 Å². The normalized spacial score (nSPS) is 10.6. The number of halogens is 1. The molecule has 164 valence electrons. The minimum absolute atomic E-state index is 0.178. The number of carbonyl (C=O) groups is 1. The molecule has 0 spiro atoms. The summed E-state index contributed by atoms with van der Waals surface area (Å²) in [5.41, 5.74) is 6.24. The van der Waals surface area contributed by atoms with Crippen LogP contribution in [0.5, 0.6) is 5.75 Å². The summed E-state index contributed by atoms with van der Waals surface area (Å²) in [6.07, 6.45) is 4.07. The third kappa shape index (κ3) is 6.05. The van der Waals surface area contributed by atoms with Crippen molar-refractivity contribution < 1.29 is 13.9 Å². The Balaban J connectivity index is 1.34. The largest absolute Gasteiger partial charge is 0.426 e. The van der Waals surface area contributed by atoms with Crippen LogP contribution in [0.1, 0.15) is 17.5 Å². The Hall–Kier alpha value is -3.98. The molecule has 0 radical (unpaired) electrons. The molecule has 0 unspecified atom stereocenters. The summed E-state index contributed by atoms with van der Waals surface area (Å²) in [7, 11) is 0. The maximum Gasteiger partial charge on any atom is 0.315 e. The van der Waals surface area contributed by atoms with E-state index in [4.69, 9.17) is 4.74 Å². The van der Waals surface area contributed by atoms with Crippen molar-refractivity contribution in [3.8, 4) is 28.0 Å². The molecule has 0 aromatic heterocycles. The predicted octanol–water partition coefficient (Wildman–Crippen LogP) is 7.43. The second-order valence-electron chi connectivity index (χ2n) is 7.90. The van der Waals surface area contributed by atoms with Gasteiger partial charge in [0.05, 0.1) is 6.42 Å². The molecule has 3 heteroatoms. The van der Waals surface area contributed by atoms with Crippen LogP contribution in [0.4, 0.5) is 4.39 Å². The average Bonchev–Trinajstić information content (AvgIpc) is 2.84. The molecule has 0 bridgehead atoms. The highest BCUT2D eigenvalue weighted by molar-refractivity contribution is 5.76. The van der Waals surface area contributed by atoms with Crippen LogP contribution in [0, 0.1) is 5.82 Å². The number of hydrogen-bond acceptors (Lipinski definition) is 2. The number of allylic oxidation sites excluding steroid dienone is 1. The predicted molar refractivity (Wildman–Crippen MR) is 132 cm³/mol. The van der Waals surface area contributed by atoms with E-state index < -0.39 is 0 Å². The zero-order valence-electron chi connectivity index (χ0n) is 18.3. The first-order valence-electron chi connectivity index (χ1n) is 11.0. The molecular weight excluding hydrogens is 411 g/mol. The van der Waals surface area contributed by atoms with Crippen molar-refractivity contribution in [3.63, 3.8) is 0 Å². The molecule has 33 heavy (non-hydrogen) atoms. The van der Waals surface area contributed by atoms with Gasteiger partial charge in [0.25, 0.3) is 0 Å². The lowest BCUT2D eigenvalue weighted by Gasteiger charge is -2.08. The maximum atomic E-state index is 13.1. The Morgan fingerprint density at radius 2 is 1.15 bits per heavy atom. The number of benzene rings is 4. The summed E-state index contributed by atoms with van der Waals surface area (Å²) in [6, 6.07) is 30.0. The number of hydrogen-bond donors (Lipinski definition) is 0. The van der Waals surface area contributed by atoms with Gasteiger partial charge in [-0.2, -0.15) is 0 Å². The van der Waals surface area contributed by atoms with Gasteiger partial charge >= 0.3 is 5.97 Å². The third-order valence-electron chi connectivity index (χ3n) is 5.49. The number of carbonyl (C=O) groups excluding carboxylic acids is 1. The Labute approximate surface area is 194 Å². The van der Waals surface area contributed by atoms with Gasteiger partial charge < -0.3 is 4.74 Å². The molecule has 0 aliphatic carbocycles. The van der Waals surface area contributed by atoms with Crippen LogP contribution in [0.3, 0.4) is 0 Å². The van der Waals surface area contributed by atoms with E-state index in [2.05, 4.69) is 30.8 Å². The van der Waals surface area contributed by atoms with E-state index in [9.17, 15) is 9.18 Å². The molecule has 0 N–H and O–H groups in total. The van der Waals surface area contributed by atoms with Crippen LogP contribution < -0.4 is 4.74 Å². The van der Waals surface area contributed by atoms with E-state index in [1.54, 1.807) is 12.1 Å². The SMILES string of the molecule is C=CCCc1ccc(-c2ccc(OC(=O)Cc3ccc(-c4ccc(F)cc4)cc3)cc2)cc1. The summed E-state index contributed by atoms with van der Waals surface area (Å²) >= 11 is 0. The van der Waals surface area contributed by atoms with Crippen molar-refractivity contribution in [1.82, 2.24) is 0 Å². The average molecular weight is 437 g/mol. The molecule has 0 atom stereocenters. The van der Waals surface area contributed by atoms with Gasteiger partial charge in [0.1, 0.15) is 11.6 Å². The molecule has 4 aromatic carbocycles. The highest BCUT2D eigenvalue weighted by Gasteiger charge is 2.08. The zero-order valence-corrected chi connectivity index (χ0v) is 18.3. The van der Waals surface area contributed by atoms with Crippen molar-refractivity contribution in [1.29, 1.82) is 0 Å². The fourth-order valence-corrected chi connectivity index (χ4v) is 3.64. The molecule has 0 saturated heterocycles. The summed E-state index contributed by atoms with van der Waals surface area (Å²) in [5.74, 6) is -0.0542. The van der Waals surface area contributed by atoms with Gasteiger partial charge in [0.15, 0.2) is 0 Å². The first-order valence-corrected chi connectivity index (χ1v) is 11.0. The number of rotatable bonds is 8. The second-order valence-corrected chi connectivity index (χ2v) is 7.90. The van der Waals surface area contributed by atoms with Gasteiger partial charge in [-0.25, -0.2) is 4.39 Å². The lowest BCUT2D eigenvalue weighted by molar-refractivity contribution is -0.133. The summed E-state index contributed by atoms with van der Waals surface area (Å²) < 4.78 is 18.6. The minimum Gasteiger partial charge on any atom is -0.426 e. The van der Waals surface area contributed by atoms with E-state index in [0.717, 1.165) is 40.7 Å². The molecular formula is C30H25FO2. The van der Waals surface area contributed by atoms with Crippen molar-refractivity contribution in [2.24, 2.45) is 0 Å². The van der Waals surface area contributed by atoms with Gasteiger partial charge in [-0.05, 0) is 70.5 Å². The highest BCUT2D eigenvalue weighted by atomic mass is 19.1. The molecule has 0 fully saturated rings. The quantitative estimate of drug-likeness (QED) is 0.163. The second kappa shape index (κ2) is 10.6. The minimum atomic E-state index is -0.316. The third-order valence-corrected chi connectivity index (χ3v) is 5.49. The number of ether oxygens (including phenoxy) is 1. The van der Waals surface area contributed by atoms with E-state index in [1.807, 2.05) is 54.6 Å². The Morgan fingerprint density at radius 3 is 1.67 bits per heavy atom. The van der Waals surface area contributed by atoms with Gasteiger partial charge in [-0.15, -0.1) is 6.58 Å². The molecule has 0 amide bonds. The van der Waals surface area contributed by atoms with Crippen LogP contribution in [-0.4, -0.2) is 5.97 Å². The molecule has 4 rings (SSSR count). The fraction of sp³-hybridized carbons (Fsp3) is 0.100. The van der Waals surface area contributed by atoms with E-state index in [1.165, 1.54) is 17.7 Å². The smallest absolute Gasteiger partial charge is 0.315 e. The summed E-state index contributed by atoms with van der Waals surface area (Å²) in [5, 5.41) is 0. The maximum absolute atomic E-state index is 13.1. The molecule has 0 aliphatic heterocycles. The van der Waals surface area contributed by atoms with Crippen molar-refractivity contribution in [2.75, 3.05) is 0 Å². The van der Waals surface area contributed by atoms with E-state index in [0.29, 0.717) is 5.75 Å². The Kier molecular flexibility index (Phi) is 7.11. The Morgan fingerprint density at radius 1 is 0.697 bits per heavy atom. The molecule has 4 aromatic rings. The first kappa shape index (κ1) is 22.2. The lowest BCUT2D eigenvalue weighted by Crippen LogP contribution is -2.11. The molecule has 0 saturated carbocycles. The van der Waals surface area contributed by atoms with Crippen molar-refractivity contribution in [2.45, 2.75) is 19.3 Å². The number of aryl methyl sites for hydroxylation is 1. The van der Waals surface area contributed by atoms with Crippen molar-refractivity contribution in [3.05, 3.63) is 127 Å². The van der Waals surface area contributed by atoms with E-state index in [-0.39, 0.29) is 18.2 Å².